The molecule has 2 aliphatic rings. The van der Waals surface area contributed by atoms with Crippen molar-refractivity contribution in [2.45, 2.75) is 24.7 Å². The van der Waals surface area contributed by atoms with E-state index in [1.54, 1.807) is 35.0 Å². The lowest BCUT2D eigenvalue weighted by atomic mass is 9.87. The minimum atomic E-state index is -3.60. The number of hydrogen-bond acceptors (Lipinski definition) is 6. The van der Waals surface area contributed by atoms with E-state index in [-0.39, 0.29) is 17.7 Å². The van der Waals surface area contributed by atoms with E-state index in [1.807, 2.05) is 25.1 Å². The number of anilines is 1. The van der Waals surface area contributed by atoms with Crippen molar-refractivity contribution >= 4 is 43.2 Å². The molecule has 0 spiro atoms. The number of benzene rings is 2. The zero-order chi connectivity index (χ0) is 21.6. The molecule has 2 atom stereocenters. The lowest BCUT2D eigenvalue weighted by Gasteiger charge is -2.35. The molecule has 0 radical (unpaired) electrons. The van der Waals surface area contributed by atoms with Crippen molar-refractivity contribution in [1.29, 1.82) is 0 Å². The zero-order valence-electron chi connectivity index (χ0n) is 17.1. The Hall–Kier alpha value is -2.49. The highest BCUT2D eigenvalue weighted by molar-refractivity contribution is 7.89. The molecule has 1 fully saturated rings. The predicted octanol–water partition coefficient (Wildman–Crippen LogP) is 3.52. The third-order valence-corrected chi connectivity index (χ3v) is 8.77. The van der Waals surface area contributed by atoms with E-state index in [1.165, 1.54) is 4.31 Å². The fourth-order valence-electron chi connectivity index (χ4n) is 4.36. The number of ether oxygens (including phenoxy) is 1. The predicted molar refractivity (Wildman–Crippen MR) is 120 cm³/mol. The van der Waals surface area contributed by atoms with Crippen LogP contribution in [0.15, 0.2) is 46.8 Å². The van der Waals surface area contributed by atoms with Gasteiger partial charge in [-0.2, -0.15) is 4.31 Å². The fraction of sp³-hybridized carbons (Fsp3) is 0.364. The molecule has 0 aliphatic carbocycles. The molecule has 9 heteroatoms. The summed E-state index contributed by atoms with van der Waals surface area (Å²) in [7, 11) is -3.60. The zero-order valence-corrected chi connectivity index (χ0v) is 18.7. The van der Waals surface area contributed by atoms with Crippen molar-refractivity contribution in [1.82, 2.24) is 9.29 Å². The monoisotopic (exact) mass is 457 g/mol. The molecule has 3 heterocycles. The van der Waals surface area contributed by atoms with Gasteiger partial charge in [-0.3, -0.25) is 4.79 Å². The number of amides is 1. The molecule has 3 aromatic rings. The van der Waals surface area contributed by atoms with Gasteiger partial charge in [0.2, 0.25) is 15.9 Å². The van der Waals surface area contributed by atoms with Gasteiger partial charge in [0, 0.05) is 31.1 Å². The van der Waals surface area contributed by atoms with E-state index in [4.69, 9.17) is 4.74 Å². The number of thiazole rings is 1. The largest absolute Gasteiger partial charge is 0.493 e. The van der Waals surface area contributed by atoms with E-state index < -0.39 is 10.0 Å². The summed E-state index contributed by atoms with van der Waals surface area (Å²) in [6, 6.07) is 10.7. The molecule has 1 aromatic heterocycles. The van der Waals surface area contributed by atoms with Crippen LogP contribution in [0.1, 0.15) is 18.9 Å². The first-order valence-corrected chi connectivity index (χ1v) is 12.6. The Morgan fingerprint density at radius 2 is 2.13 bits per heavy atom. The molecule has 162 valence electrons. The van der Waals surface area contributed by atoms with Crippen molar-refractivity contribution in [3.63, 3.8) is 0 Å². The highest BCUT2D eigenvalue weighted by atomic mass is 32.2. The van der Waals surface area contributed by atoms with Crippen LogP contribution in [0.2, 0.25) is 0 Å². The number of rotatable bonds is 4. The Morgan fingerprint density at radius 1 is 1.26 bits per heavy atom. The Morgan fingerprint density at radius 3 is 2.97 bits per heavy atom. The maximum absolute atomic E-state index is 13.2. The van der Waals surface area contributed by atoms with Gasteiger partial charge in [-0.25, -0.2) is 13.4 Å². The quantitative estimate of drug-likeness (QED) is 0.648. The average molecular weight is 458 g/mol. The topological polar surface area (TPSA) is 88.6 Å². The third-order valence-electron chi connectivity index (χ3n) is 6.10. The van der Waals surface area contributed by atoms with Crippen LogP contribution in [-0.4, -0.2) is 43.3 Å². The summed E-state index contributed by atoms with van der Waals surface area (Å²) in [6.45, 7) is 3.17. The molecular weight excluding hydrogens is 434 g/mol. The number of piperidine rings is 1. The maximum atomic E-state index is 13.2. The number of nitrogens with zero attached hydrogens (tertiary/aromatic N) is 2. The molecule has 5 rings (SSSR count). The van der Waals surface area contributed by atoms with E-state index in [0.717, 1.165) is 28.0 Å². The van der Waals surface area contributed by atoms with E-state index in [9.17, 15) is 13.2 Å². The Bertz CT molecular complexity index is 1250. The summed E-state index contributed by atoms with van der Waals surface area (Å²) in [4.78, 5) is 17.5. The third kappa shape index (κ3) is 3.81. The highest BCUT2D eigenvalue weighted by Gasteiger charge is 2.37. The number of carbonyl (C=O) groups excluding carboxylic acids is 1. The molecule has 1 N–H and O–H groups in total. The molecule has 0 saturated carbocycles. The first-order valence-electron chi connectivity index (χ1n) is 10.3. The molecular formula is C22H23N3O4S2. The van der Waals surface area contributed by atoms with Crippen LogP contribution < -0.4 is 10.1 Å². The van der Waals surface area contributed by atoms with Crippen molar-refractivity contribution in [3.8, 4) is 5.75 Å². The highest BCUT2D eigenvalue weighted by Crippen LogP contribution is 2.32. The van der Waals surface area contributed by atoms with Gasteiger partial charge >= 0.3 is 0 Å². The van der Waals surface area contributed by atoms with Crippen LogP contribution in [0.25, 0.3) is 10.2 Å². The lowest BCUT2D eigenvalue weighted by Crippen LogP contribution is -2.46. The van der Waals surface area contributed by atoms with Crippen LogP contribution >= 0.6 is 11.3 Å². The van der Waals surface area contributed by atoms with Crippen LogP contribution in [0.4, 0.5) is 5.69 Å². The molecule has 7 nitrogen and oxygen atoms in total. The first kappa shape index (κ1) is 20.4. The van der Waals surface area contributed by atoms with Crippen LogP contribution in [0.5, 0.6) is 5.75 Å². The van der Waals surface area contributed by atoms with Crippen LogP contribution in [-0.2, 0) is 21.2 Å². The number of nitrogens with one attached hydrogen (secondary N) is 1. The lowest BCUT2D eigenvalue weighted by molar-refractivity contribution is -0.122. The number of aromatic nitrogens is 1. The smallest absolute Gasteiger partial charge is 0.243 e. The summed E-state index contributed by atoms with van der Waals surface area (Å²) in [5.74, 6) is 0.350. The average Bonchev–Trinajstić information content (AvgIpc) is 3.41. The van der Waals surface area contributed by atoms with Crippen molar-refractivity contribution in [2.24, 2.45) is 11.8 Å². The Labute approximate surface area is 185 Å². The summed E-state index contributed by atoms with van der Waals surface area (Å²) in [6.07, 6.45) is 1.21. The second kappa shape index (κ2) is 7.89. The van der Waals surface area contributed by atoms with Crippen molar-refractivity contribution in [2.75, 3.05) is 25.0 Å². The Kier molecular flexibility index (Phi) is 5.19. The van der Waals surface area contributed by atoms with Gasteiger partial charge in [0.15, 0.2) is 0 Å². The van der Waals surface area contributed by atoms with Crippen LogP contribution in [0.3, 0.4) is 0 Å². The number of sulfonamides is 1. The van der Waals surface area contributed by atoms with Gasteiger partial charge in [0.05, 0.1) is 27.2 Å². The van der Waals surface area contributed by atoms with Gasteiger partial charge in [-0.05, 0) is 54.3 Å². The number of carbonyl (C=O) groups is 1. The summed E-state index contributed by atoms with van der Waals surface area (Å²) >= 11 is 1.56. The van der Waals surface area contributed by atoms with E-state index >= 15 is 0 Å². The number of hydrogen-bond donors (Lipinski definition) is 1. The second-order valence-electron chi connectivity index (χ2n) is 8.13. The van der Waals surface area contributed by atoms with E-state index in [0.29, 0.717) is 36.7 Å². The summed E-state index contributed by atoms with van der Waals surface area (Å²) < 4.78 is 34.4. The Balaban J connectivity index is 1.27. The minimum absolute atomic E-state index is 0.0752. The van der Waals surface area contributed by atoms with Crippen LogP contribution in [0, 0.1) is 11.8 Å². The molecule has 2 aliphatic heterocycles. The first-order chi connectivity index (χ1) is 14.9. The second-order valence-corrected chi connectivity index (χ2v) is 11.0. The SMILES string of the molecule is C[C@@H]1CN(S(=O)(=O)c2ccc3c(c2)CCO3)CC[C@@H]1C(=O)Nc1ccc2scnc2c1. The molecule has 31 heavy (non-hydrogen) atoms. The van der Waals surface area contributed by atoms with Gasteiger partial charge < -0.3 is 10.1 Å². The van der Waals surface area contributed by atoms with Gasteiger partial charge in [-0.1, -0.05) is 6.92 Å². The maximum Gasteiger partial charge on any atom is 0.243 e. The van der Waals surface area contributed by atoms with Gasteiger partial charge in [0.25, 0.3) is 0 Å². The normalized spacial score (nSPS) is 21.6. The van der Waals surface area contributed by atoms with E-state index in [2.05, 4.69) is 10.3 Å². The standard InChI is InChI=1S/C22H23N3O4S2/c1-14-12-25(31(27,28)17-3-4-20-15(10-17)7-9-29-20)8-6-18(14)22(26)24-16-2-5-21-19(11-16)23-13-30-21/h2-5,10-11,13-14,18H,6-9,12H2,1H3,(H,24,26)/t14-,18+/m1/s1. The van der Waals surface area contributed by atoms with Gasteiger partial charge in [0.1, 0.15) is 5.75 Å². The minimum Gasteiger partial charge on any atom is -0.493 e. The molecule has 0 unspecified atom stereocenters. The molecule has 1 saturated heterocycles. The molecule has 1 amide bonds. The number of fused-ring (bicyclic) bond motifs is 2. The summed E-state index contributed by atoms with van der Waals surface area (Å²) in [5, 5.41) is 2.98. The molecule has 2 aromatic carbocycles. The molecule has 0 bridgehead atoms. The fourth-order valence-corrected chi connectivity index (χ4v) is 6.62. The van der Waals surface area contributed by atoms with Crippen molar-refractivity contribution in [3.05, 3.63) is 47.5 Å². The van der Waals surface area contributed by atoms with Crippen molar-refractivity contribution < 1.29 is 17.9 Å². The summed E-state index contributed by atoms with van der Waals surface area (Å²) in [5.41, 5.74) is 4.28. The van der Waals surface area contributed by atoms with Gasteiger partial charge in [-0.15, -0.1) is 11.3 Å².